The minimum absolute atomic E-state index is 0.140. The van der Waals surface area contributed by atoms with E-state index in [9.17, 15) is 12.8 Å². The Morgan fingerprint density at radius 3 is 2.55 bits per heavy atom. The van der Waals surface area contributed by atoms with Crippen molar-refractivity contribution in [1.82, 2.24) is 20.4 Å². The lowest BCUT2D eigenvalue weighted by Gasteiger charge is -2.15. The summed E-state index contributed by atoms with van der Waals surface area (Å²) in [6, 6.07) is 14.2. The zero-order valence-corrected chi connectivity index (χ0v) is 18.4. The molecular formula is C22H26FN5O2S. The number of aliphatic imine (C=N–C) groups is 1. The number of hydrogen-bond donors (Lipinski definition) is 2. The van der Waals surface area contributed by atoms with Gasteiger partial charge < -0.3 is 10.6 Å². The van der Waals surface area contributed by atoms with Crippen LogP contribution in [0.4, 0.5) is 4.39 Å². The Hall–Kier alpha value is -3.20. The van der Waals surface area contributed by atoms with Crippen molar-refractivity contribution >= 4 is 15.8 Å². The molecule has 0 atom stereocenters. The Labute approximate surface area is 181 Å². The fourth-order valence-corrected chi connectivity index (χ4v) is 4.03. The summed E-state index contributed by atoms with van der Waals surface area (Å²) < 4.78 is 38.9. The maximum Gasteiger partial charge on any atom is 0.191 e. The van der Waals surface area contributed by atoms with Gasteiger partial charge in [-0.1, -0.05) is 30.3 Å². The predicted octanol–water partition coefficient (Wildman–Crippen LogP) is 2.48. The Morgan fingerprint density at radius 2 is 1.84 bits per heavy atom. The van der Waals surface area contributed by atoms with Crippen molar-refractivity contribution in [2.24, 2.45) is 4.99 Å². The summed E-state index contributed by atoms with van der Waals surface area (Å²) in [7, 11) is -1.58. The van der Waals surface area contributed by atoms with Crippen LogP contribution < -0.4 is 10.6 Å². The first kappa shape index (κ1) is 22.5. The summed E-state index contributed by atoms with van der Waals surface area (Å²) in [4.78, 5) is 4.20. The maximum absolute atomic E-state index is 13.7. The molecule has 0 aliphatic rings. The van der Waals surface area contributed by atoms with Gasteiger partial charge in [0, 0.05) is 38.8 Å². The van der Waals surface area contributed by atoms with Crippen molar-refractivity contribution in [3.8, 4) is 0 Å². The molecule has 1 heterocycles. The summed E-state index contributed by atoms with van der Waals surface area (Å²) in [6.07, 6.45) is 4.83. The highest BCUT2D eigenvalue weighted by molar-refractivity contribution is 7.89. The summed E-state index contributed by atoms with van der Waals surface area (Å²) in [5.41, 5.74) is 3.36. The molecule has 0 unspecified atom stereocenters. The van der Waals surface area contributed by atoms with Crippen LogP contribution in [0.1, 0.15) is 22.3 Å². The van der Waals surface area contributed by atoms with E-state index >= 15 is 0 Å². The van der Waals surface area contributed by atoms with Crippen LogP contribution in [-0.2, 0) is 35.2 Å². The predicted molar refractivity (Wildman–Crippen MR) is 120 cm³/mol. The first-order valence-electron chi connectivity index (χ1n) is 9.77. The van der Waals surface area contributed by atoms with Crippen molar-refractivity contribution in [2.45, 2.75) is 25.4 Å². The van der Waals surface area contributed by atoms with Crippen LogP contribution >= 0.6 is 0 Å². The smallest absolute Gasteiger partial charge is 0.191 e. The van der Waals surface area contributed by atoms with Gasteiger partial charge in [0.05, 0.1) is 12.3 Å². The molecule has 0 spiro atoms. The highest BCUT2D eigenvalue weighted by Crippen LogP contribution is 2.14. The average molecular weight is 444 g/mol. The zero-order valence-electron chi connectivity index (χ0n) is 17.5. The Balaban J connectivity index is 1.60. The molecule has 3 aromatic rings. The number of aromatic nitrogens is 2. The van der Waals surface area contributed by atoms with Crippen molar-refractivity contribution < 1.29 is 12.8 Å². The lowest BCUT2D eigenvalue weighted by molar-refractivity contribution is 0.599. The largest absolute Gasteiger partial charge is 0.352 e. The van der Waals surface area contributed by atoms with Gasteiger partial charge in [-0.15, -0.1) is 0 Å². The molecule has 0 saturated heterocycles. The average Bonchev–Trinajstić information content (AvgIpc) is 3.22. The summed E-state index contributed by atoms with van der Waals surface area (Å²) in [5, 5.41) is 10.6. The minimum atomic E-state index is -3.23. The van der Waals surface area contributed by atoms with Crippen LogP contribution in [0.25, 0.3) is 0 Å². The first-order valence-corrected chi connectivity index (χ1v) is 11.8. The number of sulfone groups is 1. The van der Waals surface area contributed by atoms with E-state index in [0.29, 0.717) is 30.2 Å². The normalized spacial score (nSPS) is 12.0. The molecule has 7 nitrogen and oxygen atoms in total. The summed E-state index contributed by atoms with van der Waals surface area (Å²) in [5.74, 6) is -0.0163. The van der Waals surface area contributed by atoms with Crippen LogP contribution in [0.15, 0.2) is 65.9 Å². The maximum atomic E-state index is 13.7. The third-order valence-electron chi connectivity index (χ3n) is 4.61. The number of halogens is 1. The van der Waals surface area contributed by atoms with Gasteiger partial charge in [-0.3, -0.25) is 9.67 Å². The minimum Gasteiger partial charge on any atom is -0.352 e. The van der Waals surface area contributed by atoms with Crippen LogP contribution in [0.2, 0.25) is 0 Å². The number of benzene rings is 2. The van der Waals surface area contributed by atoms with E-state index in [1.54, 1.807) is 13.2 Å². The van der Waals surface area contributed by atoms with Gasteiger partial charge in [0.15, 0.2) is 15.8 Å². The van der Waals surface area contributed by atoms with Gasteiger partial charge in [0.1, 0.15) is 5.82 Å². The van der Waals surface area contributed by atoms with Gasteiger partial charge in [-0.05, 0) is 40.5 Å². The SMILES string of the molecule is CN=C(NCc1cccc(Cn2cccn2)c1)NCc1cc(F)ccc1CS(C)(=O)=O. The quantitative estimate of drug-likeness (QED) is 0.413. The summed E-state index contributed by atoms with van der Waals surface area (Å²) >= 11 is 0. The molecule has 31 heavy (non-hydrogen) atoms. The molecule has 9 heteroatoms. The fourth-order valence-electron chi connectivity index (χ4n) is 3.19. The summed E-state index contributed by atoms with van der Waals surface area (Å²) in [6.45, 7) is 1.49. The van der Waals surface area contributed by atoms with Crippen molar-refractivity contribution in [3.05, 3.63) is 89.0 Å². The van der Waals surface area contributed by atoms with Crippen LogP contribution in [0, 0.1) is 5.82 Å². The molecule has 0 bridgehead atoms. The second-order valence-electron chi connectivity index (χ2n) is 7.29. The molecule has 164 valence electrons. The number of hydrogen-bond acceptors (Lipinski definition) is 4. The van der Waals surface area contributed by atoms with Gasteiger partial charge in [0.2, 0.25) is 0 Å². The third-order valence-corrected chi connectivity index (χ3v) is 5.45. The number of nitrogens with one attached hydrogen (secondary N) is 2. The molecule has 1 aromatic heterocycles. The van der Waals surface area contributed by atoms with Crippen LogP contribution in [-0.4, -0.2) is 37.5 Å². The van der Waals surface area contributed by atoms with Crippen LogP contribution in [0.3, 0.4) is 0 Å². The van der Waals surface area contributed by atoms with Gasteiger partial charge >= 0.3 is 0 Å². The number of guanidine groups is 1. The second-order valence-corrected chi connectivity index (χ2v) is 9.43. The second kappa shape index (κ2) is 10.2. The Morgan fingerprint density at radius 1 is 1.06 bits per heavy atom. The van der Waals surface area contributed by atoms with Gasteiger partial charge in [0.25, 0.3) is 0 Å². The molecule has 0 radical (unpaired) electrons. The molecule has 0 saturated carbocycles. The molecular weight excluding hydrogens is 417 g/mol. The van der Waals surface area contributed by atoms with Crippen molar-refractivity contribution in [1.29, 1.82) is 0 Å². The van der Waals surface area contributed by atoms with Crippen LogP contribution in [0.5, 0.6) is 0 Å². The van der Waals surface area contributed by atoms with E-state index in [4.69, 9.17) is 0 Å². The van der Waals surface area contributed by atoms with Crippen molar-refractivity contribution in [2.75, 3.05) is 13.3 Å². The molecule has 0 amide bonds. The monoisotopic (exact) mass is 443 g/mol. The molecule has 2 N–H and O–H groups in total. The van der Waals surface area contributed by atoms with E-state index in [1.807, 2.05) is 35.1 Å². The van der Waals surface area contributed by atoms with E-state index in [-0.39, 0.29) is 12.3 Å². The number of nitrogens with zero attached hydrogens (tertiary/aromatic N) is 3. The molecule has 3 rings (SSSR count). The third kappa shape index (κ3) is 7.21. The van der Waals surface area contributed by atoms with Crippen molar-refractivity contribution in [3.63, 3.8) is 0 Å². The van der Waals surface area contributed by atoms with E-state index in [2.05, 4.69) is 26.8 Å². The standard InChI is InChI=1S/C22H26FN5O2S/c1-24-22(26-14-20-12-21(23)8-7-19(20)16-31(2,29)30)25-13-17-5-3-6-18(11-17)15-28-10-4-9-27-28/h3-12H,13-16H2,1-2H3,(H2,24,25,26). The molecule has 0 fully saturated rings. The first-order chi connectivity index (χ1) is 14.8. The molecule has 0 aliphatic carbocycles. The Bertz CT molecular complexity index is 1140. The zero-order chi connectivity index (χ0) is 22.3. The lowest BCUT2D eigenvalue weighted by atomic mass is 10.1. The molecule has 2 aromatic carbocycles. The molecule has 0 aliphatic heterocycles. The van der Waals surface area contributed by atoms with E-state index in [0.717, 1.165) is 17.4 Å². The Kier molecular flexibility index (Phi) is 7.41. The number of rotatable bonds is 8. The highest BCUT2D eigenvalue weighted by atomic mass is 32.2. The fraction of sp³-hybridized carbons (Fsp3) is 0.273. The topological polar surface area (TPSA) is 88.4 Å². The van der Waals surface area contributed by atoms with Gasteiger partial charge in [-0.25, -0.2) is 12.8 Å². The highest BCUT2D eigenvalue weighted by Gasteiger charge is 2.11. The lowest BCUT2D eigenvalue weighted by Crippen LogP contribution is -2.36. The van der Waals surface area contributed by atoms with E-state index < -0.39 is 15.7 Å². The van der Waals surface area contributed by atoms with Gasteiger partial charge in [-0.2, -0.15) is 5.10 Å². The van der Waals surface area contributed by atoms with E-state index in [1.165, 1.54) is 18.2 Å².